The number of rotatable bonds is 4. The quantitative estimate of drug-likeness (QED) is 0.602. The number of aliphatic hydroxyl groups is 3. The molecule has 3 fully saturated rings. The second-order valence-corrected chi connectivity index (χ2v) is 11.8. The third-order valence-electron chi connectivity index (χ3n) is 9.41. The zero-order valence-electron chi connectivity index (χ0n) is 18.5. The van der Waals surface area contributed by atoms with Gasteiger partial charge in [0, 0.05) is 0 Å². The Morgan fingerprint density at radius 3 is 2.46 bits per heavy atom. The van der Waals surface area contributed by atoms with Crippen LogP contribution in [0.2, 0.25) is 0 Å². The first-order valence-electron chi connectivity index (χ1n) is 11.8. The van der Waals surface area contributed by atoms with Crippen LogP contribution in [0.5, 0.6) is 0 Å². The van der Waals surface area contributed by atoms with Crippen LogP contribution in [0.25, 0.3) is 0 Å². The molecule has 0 radical (unpaired) electrons. The lowest BCUT2D eigenvalue weighted by Crippen LogP contribution is -2.50. The molecule has 4 aliphatic carbocycles. The predicted molar refractivity (Wildman–Crippen MR) is 113 cm³/mol. The van der Waals surface area contributed by atoms with E-state index in [1.54, 1.807) is 5.57 Å². The van der Waals surface area contributed by atoms with Gasteiger partial charge in [0.1, 0.15) is 0 Å². The molecule has 0 aliphatic heterocycles. The van der Waals surface area contributed by atoms with Gasteiger partial charge in [-0.1, -0.05) is 18.6 Å². The molecule has 0 spiro atoms. The van der Waals surface area contributed by atoms with E-state index in [0.29, 0.717) is 24.7 Å². The minimum atomic E-state index is -0.712. The van der Waals surface area contributed by atoms with Crippen LogP contribution in [0.15, 0.2) is 11.6 Å². The molecule has 0 aromatic rings. The van der Waals surface area contributed by atoms with Crippen LogP contribution in [0, 0.1) is 35.0 Å². The summed E-state index contributed by atoms with van der Waals surface area (Å²) in [4.78, 5) is 0. The summed E-state index contributed by atoms with van der Waals surface area (Å²) in [5.41, 5.74) is 0.372. The van der Waals surface area contributed by atoms with Gasteiger partial charge in [0.05, 0.1) is 17.3 Å². The first-order chi connectivity index (χ1) is 13.0. The highest BCUT2D eigenvalue weighted by molar-refractivity contribution is 5.20. The van der Waals surface area contributed by atoms with Gasteiger partial charge in [-0.3, -0.25) is 0 Å². The Kier molecular flexibility index (Phi) is 5.29. The Hall–Kier alpha value is -0.380. The Bertz CT molecular complexity index is 616. The van der Waals surface area contributed by atoms with Gasteiger partial charge in [-0.15, -0.1) is 0 Å². The molecular weight excluding hydrogens is 348 g/mol. The molecule has 0 bridgehead atoms. The molecule has 4 rings (SSSR count). The fraction of sp³-hybridized carbons (Fsp3) is 0.920. The molecule has 0 aromatic carbocycles. The second kappa shape index (κ2) is 7.10. The number of fused-ring (bicyclic) bond motifs is 5. The maximum Gasteiger partial charge on any atom is 0.0654 e. The van der Waals surface area contributed by atoms with Crippen molar-refractivity contribution in [3.05, 3.63) is 11.6 Å². The molecule has 0 saturated heterocycles. The van der Waals surface area contributed by atoms with Gasteiger partial charge in [0.25, 0.3) is 0 Å². The molecule has 28 heavy (non-hydrogen) atoms. The fourth-order valence-electron chi connectivity index (χ4n) is 8.00. The Morgan fingerprint density at radius 2 is 1.75 bits per heavy atom. The van der Waals surface area contributed by atoms with Crippen molar-refractivity contribution in [2.75, 3.05) is 0 Å². The van der Waals surface area contributed by atoms with Gasteiger partial charge < -0.3 is 15.3 Å². The molecule has 0 heterocycles. The van der Waals surface area contributed by atoms with E-state index in [4.69, 9.17) is 0 Å². The van der Waals surface area contributed by atoms with Crippen molar-refractivity contribution in [2.24, 2.45) is 35.0 Å². The molecule has 4 aliphatic rings. The van der Waals surface area contributed by atoms with E-state index in [9.17, 15) is 15.3 Å². The van der Waals surface area contributed by atoms with Crippen LogP contribution in [-0.4, -0.2) is 32.6 Å². The van der Waals surface area contributed by atoms with Gasteiger partial charge in [-0.05, 0) is 120 Å². The van der Waals surface area contributed by atoms with Crippen LogP contribution in [-0.2, 0) is 0 Å². The topological polar surface area (TPSA) is 60.7 Å². The molecule has 3 nitrogen and oxygen atoms in total. The van der Waals surface area contributed by atoms with Crippen LogP contribution in [0.3, 0.4) is 0 Å². The lowest BCUT2D eigenvalue weighted by molar-refractivity contribution is -0.102. The lowest BCUT2D eigenvalue weighted by atomic mass is 9.50. The molecule has 3 saturated carbocycles. The van der Waals surface area contributed by atoms with Crippen LogP contribution < -0.4 is 0 Å². The Labute approximate surface area is 171 Å². The maximum absolute atomic E-state index is 11.4. The Balaban J connectivity index is 1.52. The van der Waals surface area contributed by atoms with E-state index >= 15 is 0 Å². The van der Waals surface area contributed by atoms with Gasteiger partial charge >= 0.3 is 0 Å². The first kappa shape index (κ1) is 20.9. The molecule has 0 aromatic heterocycles. The molecule has 4 unspecified atom stereocenters. The van der Waals surface area contributed by atoms with Crippen molar-refractivity contribution < 1.29 is 15.3 Å². The molecule has 3 N–H and O–H groups in total. The standard InChI is InChI=1S/C25H42O3/c1-23(2,27)13-14-25(4,28)22-10-9-21-20-7-5-16-15-17(26)6-8-18(16)19(20)11-12-24(21,22)3/h5,17-22,26-28H,6-15H2,1-4H3/t17-,18-,19?,20?,21?,22-,24-,25?/m0/s1. The van der Waals surface area contributed by atoms with Crippen molar-refractivity contribution >= 4 is 0 Å². The minimum Gasteiger partial charge on any atom is -0.393 e. The van der Waals surface area contributed by atoms with Gasteiger partial charge in [0.15, 0.2) is 0 Å². The van der Waals surface area contributed by atoms with E-state index in [2.05, 4.69) is 13.0 Å². The van der Waals surface area contributed by atoms with E-state index in [-0.39, 0.29) is 11.5 Å². The van der Waals surface area contributed by atoms with Gasteiger partial charge in [-0.2, -0.15) is 0 Å². The zero-order valence-corrected chi connectivity index (χ0v) is 18.5. The predicted octanol–water partition coefficient (Wildman–Crippen LogP) is 4.84. The third-order valence-corrected chi connectivity index (χ3v) is 9.41. The Morgan fingerprint density at radius 1 is 1.00 bits per heavy atom. The number of hydrogen-bond donors (Lipinski definition) is 3. The van der Waals surface area contributed by atoms with E-state index in [0.717, 1.165) is 37.0 Å². The highest BCUT2D eigenvalue weighted by atomic mass is 16.3. The van der Waals surface area contributed by atoms with Crippen molar-refractivity contribution in [2.45, 2.75) is 109 Å². The van der Waals surface area contributed by atoms with Crippen molar-refractivity contribution in [3.63, 3.8) is 0 Å². The number of allylic oxidation sites excluding steroid dienone is 1. The zero-order chi connectivity index (χ0) is 20.3. The second-order valence-electron chi connectivity index (χ2n) is 11.8. The average molecular weight is 391 g/mol. The summed E-state index contributed by atoms with van der Waals surface area (Å²) in [6, 6.07) is 0. The SMILES string of the molecule is CC(C)(O)CCC(C)(O)[C@H]1CCC2C3CC=C4C[C@@H](O)CC[C@@H]4C3CC[C@@]21C. The fourth-order valence-corrected chi connectivity index (χ4v) is 8.00. The molecule has 160 valence electrons. The monoisotopic (exact) mass is 390 g/mol. The molecule has 0 amide bonds. The third kappa shape index (κ3) is 3.61. The van der Waals surface area contributed by atoms with E-state index < -0.39 is 11.2 Å². The smallest absolute Gasteiger partial charge is 0.0654 e. The minimum absolute atomic E-state index is 0.116. The number of hydrogen-bond acceptors (Lipinski definition) is 3. The summed E-state index contributed by atoms with van der Waals surface area (Å²) in [5, 5.41) is 31.7. The lowest BCUT2D eigenvalue weighted by Gasteiger charge is -2.55. The largest absolute Gasteiger partial charge is 0.393 e. The first-order valence-corrected chi connectivity index (χ1v) is 11.8. The van der Waals surface area contributed by atoms with E-state index in [1.807, 2.05) is 20.8 Å². The van der Waals surface area contributed by atoms with Crippen LogP contribution in [0.4, 0.5) is 0 Å². The summed E-state index contributed by atoms with van der Waals surface area (Å²) in [6.45, 7) is 8.19. The van der Waals surface area contributed by atoms with Gasteiger partial charge in [0.2, 0.25) is 0 Å². The summed E-state index contributed by atoms with van der Waals surface area (Å²) in [5.74, 6) is 3.33. The average Bonchev–Trinajstić information content (AvgIpc) is 2.97. The van der Waals surface area contributed by atoms with Gasteiger partial charge in [-0.25, -0.2) is 0 Å². The molecule has 3 heteroatoms. The maximum atomic E-state index is 11.4. The summed E-state index contributed by atoms with van der Waals surface area (Å²) < 4.78 is 0. The van der Waals surface area contributed by atoms with Crippen LogP contribution >= 0.6 is 0 Å². The van der Waals surface area contributed by atoms with Crippen LogP contribution in [0.1, 0.15) is 91.9 Å². The normalized spacial score (nSPS) is 45.5. The highest BCUT2D eigenvalue weighted by Gasteiger charge is 2.59. The van der Waals surface area contributed by atoms with E-state index in [1.165, 1.54) is 32.1 Å². The molecule has 8 atom stereocenters. The van der Waals surface area contributed by atoms with Crippen molar-refractivity contribution in [3.8, 4) is 0 Å². The molecular formula is C25H42O3. The van der Waals surface area contributed by atoms with Crippen molar-refractivity contribution in [1.82, 2.24) is 0 Å². The number of aliphatic hydroxyl groups excluding tert-OH is 1. The summed E-state index contributed by atoms with van der Waals surface area (Å²) >= 11 is 0. The van der Waals surface area contributed by atoms with Crippen molar-refractivity contribution in [1.29, 1.82) is 0 Å². The summed E-state index contributed by atoms with van der Waals surface area (Å²) in [6.07, 6.45) is 12.8. The highest BCUT2D eigenvalue weighted by Crippen LogP contribution is 2.65. The summed E-state index contributed by atoms with van der Waals surface area (Å²) in [7, 11) is 0.